The Morgan fingerprint density at radius 3 is 2.64 bits per heavy atom. The average molecular weight is 406 g/mol. The maximum atomic E-state index is 13.5. The van der Waals surface area contributed by atoms with Gasteiger partial charge in [0.05, 0.1) is 12.1 Å². The van der Waals surface area contributed by atoms with E-state index in [1.165, 1.54) is 25.3 Å². The zero-order valence-corrected chi connectivity index (χ0v) is 16.1. The van der Waals surface area contributed by atoms with Crippen LogP contribution in [0, 0.1) is 19.7 Å². The van der Waals surface area contributed by atoms with Gasteiger partial charge in [0.1, 0.15) is 18.1 Å². The molecule has 1 aliphatic rings. The molecular weight excluding hydrogens is 389 g/mol. The molecule has 0 unspecified atom stereocenters. The molecule has 2 aromatic rings. The Morgan fingerprint density at radius 2 is 2.00 bits per heavy atom. The predicted octanol–water partition coefficient (Wildman–Crippen LogP) is 2.95. The minimum absolute atomic E-state index is 0.00147. The number of aromatic nitrogens is 1. The highest BCUT2D eigenvalue weighted by atomic mass is 35.5. The van der Waals surface area contributed by atoms with Crippen molar-refractivity contribution in [2.45, 2.75) is 13.8 Å². The molecule has 9 heteroatoms. The van der Waals surface area contributed by atoms with Crippen LogP contribution in [0.5, 0.6) is 0 Å². The van der Waals surface area contributed by atoms with Crippen molar-refractivity contribution in [3.8, 4) is 5.69 Å². The first-order valence-corrected chi connectivity index (χ1v) is 8.66. The van der Waals surface area contributed by atoms with Crippen LogP contribution in [-0.4, -0.2) is 41.0 Å². The summed E-state index contributed by atoms with van der Waals surface area (Å²) >= 11 is 5.88. The molecule has 1 fully saturated rings. The smallest absolute Gasteiger partial charge is 0.329 e. The van der Waals surface area contributed by atoms with E-state index >= 15 is 0 Å². The Morgan fingerprint density at radius 1 is 1.29 bits per heavy atom. The van der Waals surface area contributed by atoms with Crippen LogP contribution < -0.4 is 5.32 Å². The molecule has 0 saturated carbocycles. The van der Waals surface area contributed by atoms with Crippen molar-refractivity contribution in [1.82, 2.24) is 14.8 Å². The number of hydrogen-bond acceptors (Lipinski definition) is 4. The van der Waals surface area contributed by atoms with Gasteiger partial charge in [-0.25, -0.2) is 14.1 Å². The molecule has 7 nitrogen and oxygen atoms in total. The SMILES string of the molecule is COC(=O)CN1C(=O)N/C(=C/c2cc(C)n(-c3ccc(F)c(Cl)c3)c2C)C1=O. The molecule has 2 heterocycles. The lowest BCUT2D eigenvalue weighted by molar-refractivity contribution is -0.143. The number of halogens is 2. The van der Waals surface area contributed by atoms with Crippen molar-refractivity contribution in [3.05, 3.63) is 57.8 Å². The maximum Gasteiger partial charge on any atom is 0.329 e. The number of carbonyl (C=O) groups is 3. The van der Waals surface area contributed by atoms with Gasteiger partial charge in [0, 0.05) is 17.1 Å². The molecule has 0 atom stereocenters. The van der Waals surface area contributed by atoms with Gasteiger partial charge in [0.15, 0.2) is 0 Å². The van der Waals surface area contributed by atoms with Crippen molar-refractivity contribution in [1.29, 1.82) is 0 Å². The average Bonchev–Trinajstić information content (AvgIpc) is 3.07. The lowest BCUT2D eigenvalue weighted by atomic mass is 10.2. The summed E-state index contributed by atoms with van der Waals surface area (Å²) in [5.74, 6) is -1.83. The second-order valence-corrected chi connectivity index (χ2v) is 6.62. The highest BCUT2D eigenvalue weighted by molar-refractivity contribution is 6.30. The minimum Gasteiger partial charge on any atom is -0.468 e. The largest absolute Gasteiger partial charge is 0.468 e. The van der Waals surface area contributed by atoms with Gasteiger partial charge >= 0.3 is 12.0 Å². The number of methoxy groups -OCH3 is 1. The molecule has 3 amide bonds. The van der Waals surface area contributed by atoms with E-state index in [1.807, 2.05) is 24.5 Å². The van der Waals surface area contributed by atoms with Crippen molar-refractivity contribution in [2.75, 3.05) is 13.7 Å². The van der Waals surface area contributed by atoms with Crippen LogP contribution in [-0.2, 0) is 14.3 Å². The number of esters is 1. The van der Waals surface area contributed by atoms with E-state index in [1.54, 1.807) is 6.07 Å². The van der Waals surface area contributed by atoms with Crippen LogP contribution in [0.25, 0.3) is 11.8 Å². The Balaban J connectivity index is 1.95. The zero-order chi connectivity index (χ0) is 20.6. The highest BCUT2D eigenvalue weighted by Crippen LogP contribution is 2.26. The van der Waals surface area contributed by atoms with Gasteiger partial charge in [0.25, 0.3) is 5.91 Å². The second kappa shape index (κ2) is 7.47. The fraction of sp³-hybridized carbons (Fsp3) is 0.211. The van der Waals surface area contributed by atoms with E-state index in [0.717, 1.165) is 16.3 Å². The molecule has 1 aromatic carbocycles. The first-order valence-electron chi connectivity index (χ1n) is 8.28. The summed E-state index contributed by atoms with van der Waals surface area (Å²) < 4.78 is 19.8. The predicted molar refractivity (Wildman–Crippen MR) is 100 cm³/mol. The van der Waals surface area contributed by atoms with E-state index in [4.69, 9.17) is 11.6 Å². The number of carbonyl (C=O) groups excluding carboxylic acids is 3. The molecule has 1 N–H and O–H groups in total. The Hall–Kier alpha value is -3.13. The summed E-state index contributed by atoms with van der Waals surface area (Å²) in [6, 6.07) is 5.51. The third kappa shape index (κ3) is 3.50. The molecule has 1 aromatic heterocycles. The van der Waals surface area contributed by atoms with Gasteiger partial charge < -0.3 is 14.6 Å². The molecule has 0 bridgehead atoms. The van der Waals surface area contributed by atoms with Gasteiger partial charge in [-0.15, -0.1) is 0 Å². The summed E-state index contributed by atoms with van der Waals surface area (Å²) in [7, 11) is 1.17. The van der Waals surface area contributed by atoms with Crippen LogP contribution in [0.1, 0.15) is 17.0 Å². The van der Waals surface area contributed by atoms with Crippen LogP contribution in [0.15, 0.2) is 30.0 Å². The van der Waals surface area contributed by atoms with Crippen molar-refractivity contribution < 1.29 is 23.5 Å². The molecule has 0 aliphatic carbocycles. The Kier molecular flexibility index (Phi) is 5.24. The molecule has 28 heavy (non-hydrogen) atoms. The van der Waals surface area contributed by atoms with E-state index < -0.39 is 30.3 Å². The highest BCUT2D eigenvalue weighted by Gasteiger charge is 2.35. The van der Waals surface area contributed by atoms with Crippen molar-refractivity contribution in [2.24, 2.45) is 0 Å². The quantitative estimate of drug-likeness (QED) is 0.482. The Bertz CT molecular complexity index is 1030. The summed E-state index contributed by atoms with van der Waals surface area (Å²) in [5, 5.41) is 2.46. The minimum atomic E-state index is -0.698. The zero-order valence-electron chi connectivity index (χ0n) is 15.4. The standard InChI is InChI=1S/C19H17ClFN3O4/c1-10-6-12(11(2)24(10)13-4-5-15(21)14(20)8-13)7-16-18(26)23(19(27)22-16)9-17(25)28-3/h4-8H,9H2,1-3H3,(H,22,27)/b16-7+. The van der Waals surface area contributed by atoms with E-state index in [0.29, 0.717) is 11.3 Å². The first-order chi connectivity index (χ1) is 13.2. The van der Waals surface area contributed by atoms with Crippen molar-refractivity contribution >= 4 is 35.6 Å². The summed E-state index contributed by atoms with van der Waals surface area (Å²) in [6.45, 7) is 3.21. The first kappa shape index (κ1) is 19.6. The van der Waals surface area contributed by atoms with Gasteiger partial charge in [0.2, 0.25) is 0 Å². The van der Waals surface area contributed by atoms with Gasteiger partial charge in [-0.2, -0.15) is 0 Å². The van der Waals surface area contributed by atoms with Crippen LogP contribution in [0.3, 0.4) is 0 Å². The molecule has 0 spiro atoms. The number of imide groups is 1. The number of nitrogens with one attached hydrogen (secondary N) is 1. The lowest BCUT2D eigenvalue weighted by Crippen LogP contribution is -2.36. The van der Waals surface area contributed by atoms with Gasteiger partial charge in [-0.1, -0.05) is 11.6 Å². The fourth-order valence-electron chi connectivity index (χ4n) is 3.02. The number of ether oxygens (including phenoxy) is 1. The molecule has 1 aliphatic heterocycles. The van der Waals surface area contributed by atoms with E-state index in [-0.39, 0.29) is 10.7 Å². The van der Waals surface area contributed by atoms with Crippen LogP contribution >= 0.6 is 11.6 Å². The number of aryl methyl sites for hydroxylation is 1. The second-order valence-electron chi connectivity index (χ2n) is 6.22. The number of urea groups is 1. The summed E-state index contributed by atoms with van der Waals surface area (Å²) in [6.07, 6.45) is 1.53. The molecular formula is C19H17ClFN3O4. The van der Waals surface area contributed by atoms with Gasteiger partial charge in [-0.3, -0.25) is 9.59 Å². The van der Waals surface area contributed by atoms with Crippen molar-refractivity contribution in [3.63, 3.8) is 0 Å². The molecule has 0 radical (unpaired) electrons. The number of benzene rings is 1. The Labute approximate surface area is 165 Å². The van der Waals surface area contributed by atoms with E-state index in [2.05, 4.69) is 10.1 Å². The third-order valence-corrected chi connectivity index (χ3v) is 4.70. The molecule has 146 valence electrons. The normalized spacial score (nSPS) is 15.3. The van der Waals surface area contributed by atoms with Crippen LogP contribution in [0.2, 0.25) is 5.02 Å². The monoisotopic (exact) mass is 405 g/mol. The number of rotatable bonds is 4. The van der Waals surface area contributed by atoms with E-state index in [9.17, 15) is 18.8 Å². The van der Waals surface area contributed by atoms with Crippen LogP contribution in [0.4, 0.5) is 9.18 Å². The molecule has 1 saturated heterocycles. The fourth-order valence-corrected chi connectivity index (χ4v) is 3.19. The lowest BCUT2D eigenvalue weighted by Gasteiger charge is -2.10. The van der Waals surface area contributed by atoms with Gasteiger partial charge in [-0.05, 0) is 49.8 Å². The number of hydrogen-bond donors (Lipinski definition) is 1. The number of amides is 3. The topological polar surface area (TPSA) is 80.6 Å². The summed E-state index contributed by atoms with van der Waals surface area (Å²) in [5.41, 5.74) is 2.99. The summed E-state index contributed by atoms with van der Waals surface area (Å²) in [4.78, 5) is 36.6. The third-order valence-electron chi connectivity index (χ3n) is 4.41. The number of nitrogens with zero attached hydrogens (tertiary/aromatic N) is 2. The molecule has 3 rings (SSSR count). The maximum absolute atomic E-state index is 13.5.